The predicted molar refractivity (Wildman–Crippen MR) is 123 cm³/mol. The molecule has 5 rings (SSSR count). The molecule has 1 atom stereocenters. The van der Waals surface area contributed by atoms with Gasteiger partial charge in [0.1, 0.15) is 16.9 Å². The number of anilines is 2. The standard InChI is InChI=1S/C24H29N5O3/c1-24(2)13-17-11-19(27-23(30)18-14-26-29-8-4-7-25-22(18)29)20(12-21(17)32-24)28-9-5-16(15-28)6-10-31-3/h4,7-8,11-12,14,16H,5-6,9-10,13,15H2,1-3H3,(H,27,30). The zero-order valence-corrected chi connectivity index (χ0v) is 18.8. The maximum absolute atomic E-state index is 13.2. The summed E-state index contributed by atoms with van der Waals surface area (Å²) in [5, 5.41) is 7.39. The van der Waals surface area contributed by atoms with E-state index in [9.17, 15) is 4.79 Å². The number of carbonyl (C=O) groups excluding carboxylic acids is 1. The van der Waals surface area contributed by atoms with Gasteiger partial charge in [-0.15, -0.1) is 0 Å². The van der Waals surface area contributed by atoms with Crippen molar-refractivity contribution in [1.82, 2.24) is 14.6 Å². The second-order valence-corrected chi connectivity index (χ2v) is 9.30. The summed E-state index contributed by atoms with van der Waals surface area (Å²) < 4.78 is 13.1. The summed E-state index contributed by atoms with van der Waals surface area (Å²) >= 11 is 0. The molecule has 1 saturated heterocycles. The van der Waals surface area contributed by atoms with Gasteiger partial charge in [-0.2, -0.15) is 5.10 Å². The minimum Gasteiger partial charge on any atom is -0.487 e. The Bertz CT molecular complexity index is 1160. The fourth-order valence-corrected chi connectivity index (χ4v) is 4.75. The second kappa shape index (κ2) is 8.09. The van der Waals surface area contributed by atoms with Crippen LogP contribution in [-0.4, -0.2) is 52.9 Å². The number of methoxy groups -OCH3 is 1. The zero-order chi connectivity index (χ0) is 22.3. The Morgan fingerprint density at radius 1 is 1.38 bits per heavy atom. The van der Waals surface area contributed by atoms with E-state index in [1.165, 1.54) is 0 Å². The predicted octanol–water partition coefficient (Wildman–Crippen LogP) is 3.56. The van der Waals surface area contributed by atoms with Crippen molar-refractivity contribution in [2.75, 3.05) is 37.0 Å². The van der Waals surface area contributed by atoms with Crippen LogP contribution in [0.5, 0.6) is 5.75 Å². The Hall–Kier alpha value is -3.13. The summed E-state index contributed by atoms with van der Waals surface area (Å²) in [5.74, 6) is 1.27. The van der Waals surface area contributed by atoms with Crippen LogP contribution < -0.4 is 15.0 Å². The smallest absolute Gasteiger partial charge is 0.261 e. The molecule has 0 saturated carbocycles. The molecule has 0 aliphatic carbocycles. The summed E-state index contributed by atoms with van der Waals surface area (Å²) in [5.41, 5.74) is 3.66. The molecule has 0 bridgehead atoms. The lowest BCUT2D eigenvalue weighted by molar-refractivity contribution is 0.102. The normalized spacial score (nSPS) is 19.2. The first-order valence-electron chi connectivity index (χ1n) is 11.1. The molecule has 32 heavy (non-hydrogen) atoms. The Balaban J connectivity index is 1.46. The molecule has 8 heteroatoms. The number of benzene rings is 1. The molecule has 2 aromatic heterocycles. The lowest BCUT2D eigenvalue weighted by Crippen LogP contribution is -2.24. The largest absolute Gasteiger partial charge is 0.487 e. The van der Waals surface area contributed by atoms with Crippen molar-refractivity contribution in [2.24, 2.45) is 5.92 Å². The van der Waals surface area contributed by atoms with Crippen molar-refractivity contribution in [2.45, 2.75) is 38.7 Å². The average Bonchev–Trinajstić information content (AvgIpc) is 3.47. The number of hydrogen-bond donors (Lipinski definition) is 1. The van der Waals surface area contributed by atoms with Gasteiger partial charge >= 0.3 is 0 Å². The monoisotopic (exact) mass is 435 g/mol. The Morgan fingerprint density at radius 2 is 2.25 bits per heavy atom. The first-order chi connectivity index (χ1) is 15.4. The van der Waals surface area contributed by atoms with E-state index in [2.05, 4.69) is 46.3 Å². The molecule has 1 unspecified atom stereocenters. The van der Waals surface area contributed by atoms with E-state index in [-0.39, 0.29) is 11.5 Å². The van der Waals surface area contributed by atoms with Crippen LogP contribution in [0, 0.1) is 5.92 Å². The van der Waals surface area contributed by atoms with Gasteiger partial charge in [-0.1, -0.05) is 0 Å². The van der Waals surface area contributed by atoms with Gasteiger partial charge in [0.05, 0.1) is 17.6 Å². The van der Waals surface area contributed by atoms with Gasteiger partial charge in [0.25, 0.3) is 5.91 Å². The lowest BCUT2D eigenvalue weighted by Gasteiger charge is -2.23. The van der Waals surface area contributed by atoms with Crippen molar-refractivity contribution in [3.63, 3.8) is 0 Å². The van der Waals surface area contributed by atoms with Crippen molar-refractivity contribution in [1.29, 1.82) is 0 Å². The average molecular weight is 436 g/mol. The summed E-state index contributed by atoms with van der Waals surface area (Å²) in [6.07, 6.45) is 7.96. The van der Waals surface area contributed by atoms with Gasteiger partial charge in [-0.05, 0) is 44.7 Å². The molecule has 2 aliphatic rings. The molecular weight excluding hydrogens is 406 g/mol. The zero-order valence-electron chi connectivity index (χ0n) is 18.8. The van der Waals surface area contributed by atoms with Crippen LogP contribution >= 0.6 is 0 Å². The van der Waals surface area contributed by atoms with Crippen molar-refractivity contribution in [3.8, 4) is 5.75 Å². The molecule has 0 radical (unpaired) electrons. The van der Waals surface area contributed by atoms with Crippen molar-refractivity contribution in [3.05, 3.63) is 47.9 Å². The number of carbonyl (C=O) groups is 1. The molecule has 1 N–H and O–H groups in total. The van der Waals surface area contributed by atoms with Gasteiger partial charge in [0, 0.05) is 57.3 Å². The van der Waals surface area contributed by atoms with E-state index in [1.54, 1.807) is 36.3 Å². The fraction of sp³-hybridized carbons (Fsp3) is 0.458. The maximum Gasteiger partial charge on any atom is 0.261 e. The first kappa shape index (κ1) is 20.8. The topological polar surface area (TPSA) is 81.0 Å². The molecule has 4 heterocycles. The number of rotatable bonds is 6. The molecule has 168 valence electrons. The van der Waals surface area contributed by atoms with E-state index >= 15 is 0 Å². The minimum atomic E-state index is -0.249. The van der Waals surface area contributed by atoms with Crippen LogP contribution in [-0.2, 0) is 11.2 Å². The van der Waals surface area contributed by atoms with Gasteiger partial charge in [0.2, 0.25) is 0 Å². The third kappa shape index (κ3) is 3.90. The molecule has 1 fully saturated rings. The maximum atomic E-state index is 13.2. The molecule has 2 aliphatic heterocycles. The number of aromatic nitrogens is 3. The van der Waals surface area contributed by atoms with Gasteiger partial charge in [0.15, 0.2) is 5.65 Å². The number of ether oxygens (including phenoxy) is 2. The minimum absolute atomic E-state index is 0.215. The first-order valence-corrected chi connectivity index (χ1v) is 11.1. The highest BCUT2D eigenvalue weighted by Crippen LogP contribution is 2.43. The quantitative estimate of drug-likeness (QED) is 0.638. The molecule has 8 nitrogen and oxygen atoms in total. The third-order valence-electron chi connectivity index (χ3n) is 6.31. The number of nitrogens with one attached hydrogen (secondary N) is 1. The Labute approximate surface area is 187 Å². The number of amides is 1. The molecule has 1 amide bonds. The summed E-state index contributed by atoms with van der Waals surface area (Å²) in [6, 6.07) is 5.95. The van der Waals surface area contributed by atoms with Crippen LogP contribution in [0.4, 0.5) is 11.4 Å². The van der Waals surface area contributed by atoms with E-state index < -0.39 is 0 Å². The Morgan fingerprint density at radius 3 is 3.09 bits per heavy atom. The van der Waals surface area contributed by atoms with Crippen LogP contribution in [0.15, 0.2) is 36.8 Å². The van der Waals surface area contributed by atoms with Crippen LogP contribution in [0.3, 0.4) is 0 Å². The van der Waals surface area contributed by atoms with E-state index in [1.807, 2.05) is 0 Å². The highest BCUT2D eigenvalue weighted by Gasteiger charge is 2.33. The summed E-state index contributed by atoms with van der Waals surface area (Å²) in [6.45, 7) is 6.83. The van der Waals surface area contributed by atoms with Gasteiger partial charge < -0.3 is 19.7 Å². The lowest BCUT2D eigenvalue weighted by atomic mass is 10.0. The molecule has 3 aromatic rings. The third-order valence-corrected chi connectivity index (χ3v) is 6.31. The number of nitrogens with zero attached hydrogens (tertiary/aromatic N) is 4. The van der Waals surface area contributed by atoms with Crippen molar-refractivity contribution >= 4 is 22.9 Å². The molecule has 1 aromatic carbocycles. The molecule has 0 spiro atoms. The highest BCUT2D eigenvalue weighted by atomic mass is 16.5. The van der Waals surface area contributed by atoms with Crippen LogP contribution in [0.1, 0.15) is 42.6 Å². The number of hydrogen-bond acceptors (Lipinski definition) is 6. The van der Waals surface area contributed by atoms with E-state index in [0.29, 0.717) is 17.1 Å². The van der Waals surface area contributed by atoms with E-state index in [0.717, 1.165) is 61.6 Å². The number of fused-ring (bicyclic) bond motifs is 2. The SMILES string of the molecule is COCCC1CCN(c2cc3c(cc2NC(=O)c2cnn4cccnc24)CC(C)(C)O3)C1. The van der Waals surface area contributed by atoms with Crippen LogP contribution in [0.25, 0.3) is 5.65 Å². The van der Waals surface area contributed by atoms with Crippen LogP contribution in [0.2, 0.25) is 0 Å². The summed E-state index contributed by atoms with van der Waals surface area (Å²) in [4.78, 5) is 19.9. The van der Waals surface area contributed by atoms with Gasteiger partial charge in [-0.25, -0.2) is 9.50 Å². The highest BCUT2D eigenvalue weighted by molar-refractivity contribution is 6.09. The fourth-order valence-electron chi connectivity index (χ4n) is 4.75. The summed E-state index contributed by atoms with van der Waals surface area (Å²) in [7, 11) is 1.75. The van der Waals surface area contributed by atoms with Crippen molar-refractivity contribution < 1.29 is 14.3 Å². The second-order valence-electron chi connectivity index (χ2n) is 9.30. The molecular formula is C24H29N5O3. The Kier molecular flexibility index (Phi) is 5.25. The van der Waals surface area contributed by atoms with Gasteiger partial charge in [-0.3, -0.25) is 4.79 Å². The van der Waals surface area contributed by atoms with E-state index in [4.69, 9.17) is 9.47 Å².